The first-order valence-corrected chi connectivity index (χ1v) is 15.8. The molecule has 2 aliphatic heterocycles. The second-order valence-electron chi connectivity index (χ2n) is 12.2. The number of rotatable bonds is 10. The van der Waals surface area contributed by atoms with Crippen molar-refractivity contribution in [3.05, 3.63) is 84.4 Å². The second-order valence-corrected chi connectivity index (χ2v) is 12.2. The molecule has 4 amide bonds. The van der Waals surface area contributed by atoms with Crippen LogP contribution < -0.4 is 25.6 Å². The highest BCUT2D eigenvalue weighted by Crippen LogP contribution is 2.27. The minimum atomic E-state index is -0.300. The van der Waals surface area contributed by atoms with Crippen LogP contribution in [0.5, 0.6) is 5.75 Å². The summed E-state index contributed by atoms with van der Waals surface area (Å²) in [5.74, 6) is 0.886. The number of ether oxygens (including phenoxy) is 1. The quantitative estimate of drug-likeness (QED) is 0.281. The summed E-state index contributed by atoms with van der Waals surface area (Å²) in [5, 5.41) is 8.88. The van der Waals surface area contributed by atoms with Gasteiger partial charge in [0, 0.05) is 56.2 Å². The van der Waals surface area contributed by atoms with Gasteiger partial charge >= 0.3 is 6.03 Å². The third-order valence-corrected chi connectivity index (χ3v) is 8.86. The Kier molecular flexibility index (Phi) is 9.29. The van der Waals surface area contributed by atoms with E-state index in [4.69, 9.17) is 4.74 Å². The maximum absolute atomic E-state index is 12.9. The first-order chi connectivity index (χ1) is 21.5. The predicted molar refractivity (Wildman–Crippen MR) is 172 cm³/mol. The molecule has 9 nitrogen and oxygen atoms in total. The van der Waals surface area contributed by atoms with Crippen LogP contribution in [0.1, 0.15) is 44.1 Å². The summed E-state index contributed by atoms with van der Waals surface area (Å²) in [5.41, 5.74) is 3.58. The van der Waals surface area contributed by atoms with Crippen molar-refractivity contribution < 1.29 is 19.1 Å². The minimum absolute atomic E-state index is 0.0329. The Morgan fingerprint density at radius 3 is 2.20 bits per heavy atom. The Morgan fingerprint density at radius 1 is 0.818 bits per heavy atom. The fraction of sp³-hybridized carbons (Fsp3) is 0.400. The Morgan fingerprint density at radius 2 is 1.50 bits per heavy atom. The Bertz CT molecular complexity index is 1420. The molecule has 1 aliphatic carbocycles. The van der Waals surface area contributed by atoms with Gasteiger partial charge in [-0.1, -0.05) is 30.3 Å². The SMILES string of the molecule is O=C(Nc1ccc(OC2CCCC2)cc1)Nc1ccc(N2CCC(CNC(=O)C3CC(=O)N(Cc4ccccc4)C3)C2)cc1. The number of likely N-dealkylation sites (tertiary alicyclic amines) is 1. The molecule has 230 valence electrons. The normalized spacial score (nSPS) is 20.1. The van der Waals surface area contributed by atoms with Crippen LogP contribution in [0.15, 0.2) is 78.9 Å². The average molecular weight is 596 g/mol. The summed E-state index contributed by atoms with van der Waals surface area (Å²) in [6, 6.07) is 24.9. The molecule has 44 heavy (non-hydrogen) atoms. The van der Waals surface area contributed by atoms with Gasteiger partial charge in [-0.3, -0.25) is 9.59 Å². The van der Waals surface area contributed by atoms with E-state index in [-0.39, 0.29) is 30.2 Å². The van der Waals surface area contributed by atoms with E-state index in [1.807, 2.05) is 78.9 Å². The third kappa shape index (κ3) is 7.70. The number of benzene rings is 3. The van der Waals surface area contributed by atoms with E-state index < -0.39 is 0 Å². The number of hydrogen-bond acceptors (Lipinski definition) is 5. The molecule has 3 aromatic carbocycles. The topological polar surface area (TPSA) is 103 Å². The molecule has 0 aromatic heterocycles. The molecular formula is C35H41N5O4. The molecule has 3 N–H and O–H groups in total. The van der Waals surface area contributed by atoms with Crippen LogP contribution in [-0.2, 0) is 16.1 Å². The van der Waals surface area contributed by atoms with Gasteiger partial charge in [-0.15, -0.1) is 0 Å². The molecule has 2 heterocycles. The Labute approximate surface area is 258 Å². The van der Waals surface area contributed by atoms with Crippen LogP contribution in [0.4, 0.5) is 21.9 Å². The van der Waals surface area contributed by atoms with Gasteiger partial charge in [-0.05, 0) is 92.1 Å². The summed E-state index contributed by atoms with van der Waals surface area (Å²) in [7, 11) is 0. The van der Waals surface area contributed by atoms with Gasteiger partial charge in [0.2, 0.25) is 11.8 Å². The summed E-state index contributed by atoms with van der Waals surface area (Å²) in [6.45, 7) is 3.37. The van der Waals surface area contributed by atoms with Gasteiger partial charge in [0.15, 0.2) is 0 Å². The summed E-state index contributed by atoms with van der Waals surface area (Å²) < 4.78 is 6.00. The number of nitrogens with one attached hydrogen (secondary N) is 3. The Hall–Kier alpha value is -4.53. The maximum atomic E-state index is 12.9. The molecule has 6 rings (SSSR count). The molecule has 0 spiro atoms. The van der Waals surface area contributed by atoms with Crippen LogP contribution in [0.2, 0.25) is 0 Å². The zero-order valence-electron chi connectivity index (χ0n) is 25.0. The van der Waals surface area contributed by atoms with Crippen molar-refractivity contribution in [1.82, 2.24) is 10.2 Å². The maximum Gasteiger partial charge on any atom is 0.323 e. The van der Waals surface area contributed by atoms with Crippen molar-refractivity contribution in [1.29, 1.82) is 0 Å². The molecular weight excluding hydrogens is 554 g/mol. The van der Waals surface area contributed by atoms with Gasteiger partial charge in [0.05, 0.1) is 12.0 Å². The fourth-order valence-electron chi connectivity index (χ4n) is 6.39. The van der Waals surface area contributed by atoms with E-state index in [0.29, 0.717) is 43.0 Å². The molecule has 0 radical (unpaired) electrons. The lowest BCUT2D eigenvalue weighted by molar-refractivity contribution is -0.129. The molecule has 2 atom stereocenters. The van der Waals surface area contributed by atoms with E-state index in [0.717, 1.165) is 49.4 Å². The summed E-state index contributed by atoms with van der Waals surface area (Å²) >= 11 is 0. The first-order valence-electron chi connectivity index (χ1n) is 15.8. The van der Waals surface area contributed by atoms with Crippen LogP contribution in [-0.4, -0.2) is 55.0 Å². The van der Waals surface area contributed by atoms with Crippen molar-refractivity contribution in [2.24, 2.45) is 11.8 Å². The molecule has 9 heteroatoms. The van der Waals surface area contributed by atoms with Crippen LogP contribution in [0.25, 0.3) is 0 Å². The van der Waals surface area contributed by atoms with Gasteiger partial charge in [-0.25, -0.2) is 4.79 Å². The molecule has 0 bridgehead atoms. The lowest BCUT2D eigenvalue weighted by atomic mass is 10.1. The van der Waals surface area contributed by atoms with E-state index in [2.05, 4.69) is 20.9 Å². The van der Waals surface area contributed by atoms with Crippen LogP contribution in [0.3, 0.4) is 0 Å². The average Bonchev–Trinajstić information content (AvgIpc) is 3.80. The smallest absolute Gasteiger partial charge is 0.323 e. The van der Waals surface area contributed by atoms with Crippen molar-refractivity contribution in [3.63, 3.8) is 0 Å². The zero-order chi connectivity index (χ0) is 30.3. The number of carbonyl (C=O) groups excluding carboxylic acids is 3. The van der Waals surface area contributed by atoms with Gasteiger partial charge < -0.3 is 30.5 Å². The van der Waals surface area contributed by atoms with Crippen molar-refractivity contribution in [2.75, 3.05) is 41.7 Å². The standard InChI is InChI=1S/C35H41N5O4/c41-33-20-27(24-40(33)22-25-6-2-1-3-7-25)34(42)36-21-26-18-19-39(23-26)30-14-10-28(11-15-30)37-35(43)38-29-12-16-32(17-13-29)44-31-8-4-5-9-31/h1-3,6-7,10-17,26-27,31H,4-5,8-9,18-24H2,(H,36,42)(H2,37,38,43). The van der Waals surface area contributed by atoms with E-state index in [1.165, 1.54) is 12.8 Å². The largest absolute Gasteiger partial charge is 0.490 e. The van der Waals surface area contributed by atoms with E-state index in [1.54, 1.807) is 4.90 Å². The zero-order valence-corrected chi connectivity index (χ0v) is 25.0. The number of anilines is 3. The van der Waals surface area contributed by atoms with Gasteiger partial charge in [0.25, 0.3) is 0 Å². The van der Waals surface area contributed by atoms with Crippen molar-refractivity contribution in [2.45, 2.75) is 51.2 Å². The second kappa shape index (κ2) is 13.8. The van der Waals surface area contributed by atoms with Gasteiger partial charge in [-0.2, -0.15) is 0 Å². The number of hydrogen-bond donors (Lipinski definition) is 3. The molecule has 3 aromatic rings. The fourth-order valence-corrected chi connectivity index (χ4v) is 6.39. The number of carbonyl (C=O) groups is 3. The van der Waals surface area contributed by atoms with E-state index in [9.17, 15) is 14.4 Å². The van der Waals surface area contributed by atoms with Crippen LogP contribution in [0, 0.1) is 11.8 Å². The lowest BCUT2D eigenvalue weighted by Crippen LogP contribution is -2.36. The molecule has 3 aliphatic rings. The van der Waals surface area contributed by atoms with Crippen LogP contribution >= 0.6 is 0 Å². The predicted octanol–water partition coefficient (Wildman–Crippen LogP) is 5.64. The highest BCUT2D eigenvalue weighted by molar-refractivity contribution is 5.99. The van der Waals surface area contributed by atoms with Crippen molar-refractivity contribution >= 4 is 34.9 Å². The first kappa shape index (κ1) is 29.5. The monoisotopic (exact) mass is 595 g/mol. The minimum Gasteiger partial charge on any atom is -0.490 e. The number of nitrogens with zero attached hydrogens (tertiary/aromatic N) is 2. The summed E-state index contributed by atoms with van der Waals surface area (Å²) in [4.78, 5) is 42.0. The Balaban J connectivity index is 0.912. The number of amides is 4. The summed E-state index contributed by atoms with van der Waals surface area (Å²) in [6.07, 6.45) is 6.23. The van der Waals surface area contributed by atoms with E-state index >= 15 is 0 Å². The van der Waals surface area contributed by atoms with Gasteiger partial charge in [0.1, 0.15) is 5.75 Å². The highest BCUT2D eigenvalue weighted by atomic mass is 16.5. The lowest BCUT2D eigenvalue weighted by Gasteiger charge is -2.20. The molecule has 1 saturated carbocycles. The third-order valence-electron chi connectivity index (χ3n) is 8.86. The highest BCUT2D eigenvalue weighted by Gasteiger charge is 2.34. The van der Waals surface area contributed by atoms with Crippen molar-refractivity contribution in [3.8, 4) is 5.75 Å². The number of urea groups is 1. The molecule has 2 saturated heterocycles. The molecule has 3 fully saturated rings. The molecule has 2 unspecified atom stereocenters.